The number of carbonyl (C=O) groups excluding carboxylic acids is 1. The van der Waals surface area contributed by atoms with Gasteiger partial charge in [0.1, 0.15) is 5.82 Å². The van der Waals surface area contributed by atoms with Gasteiger partial charge in [-0.05, 0) is 84.7 Å². The molecular formula is C29H32FN3O. The number of carbonyl (C=O) groups is 1. The first-order chi connectivity index (χ1) is 16.3. The van der Waals surface area contributed by atoms with Gasteiger partial charge in [0.15, 0.2) is 0 Å². The Hall–Kier alpha value is -3.21. The molecule has 0 bridgehead atoms. The van der Waals surface area contributed by atoms with Gasteiger partial charge in [-0.3, -0.25) is 9.78 Å². The van der Waals surface area contributed by atoms with Crippen molar-refractivity contribution in [2.24, 2.45) is 5.41 Å². The number of hydrogen-bond donors (Lipinski definition) is 2. The van der Waals surface area contributed by atoms with Gasteiger partial charge in [-0.25, -0.2) is 4.39 Å². The number of nitrogens with one attached hydrogen (secondary N) is 2. The number of aryl methyl sites for hydroxylation is 1. The van der Waals surface area contributed by atoms with Crippen LogP contribution >= 0.6 is 0 Å². The second kappa shape index (κ2) is 8.53. The number of benzene rings is 2. The summed E-state index contributed by atoms with van der Waals surface area (Å²) in [5.41, 5.74) is 7.87. The summed E-state index contributed by atoms with van der Waals surface area (Å²) in [6.07, 6.45) is 7.21. The van der Waals surface area contributed by atoms with Crippen LogP contribution in [-0.2, 0) is 6.42 Å². The van der Waals surface area contributed by atoms with E-state index in [4.69, 9.17) is 0 Å². The van der Waals surface area contributed by atoms with E-state index >= 15 is 4.39 Å². The number of halogens is 1. The zero-order valence-corrected chi connectivity index (χ0v) is 20.4. The van der Waals surface area contributed by atoms with Gasteiger partial charge >= 0.3 is 0 Å². The lowest BCUT2D eigenvalue weighted by molar-refractivity contribution is 0.0962. The lowest BCUT2D eigenvalue weighted by Crippen LogP contribution is -2.19. The van der Waals surface area contributed by atoms with Gasteiger partial charge < -0.3 is 10.6 Å². The topological polar surface area (TPSA) is 54.0 Å². The van der Waals surface area contributed by atoms with Crippen molar-refractivity contribution in [1.82, 2.24) is 10.3 Å². The molecule has 5 heteroatoms. The number of nitrogens with zero attached hydrogens (tertiary/aromatic N) is 1. The van der Waals surface area contributed by atoms with Crippen LogP contribution in [0.2, 0.25) is 0 Å². The summed E-state index contributed by atoms with van der Waals surface area (Å²) in [6, 6.07) is 11.3. The number of anilines is 1. The molecule has 5 rings (SSSR count). The third-order valence-electron chi connectivity index (χ3n) is 7.51. The van der Waals surface area contributed by atoms with Gasteiger partial charge in [0.25, 0.3) is 5.91 Å². The molecule has 1 atom stereocenters. The first-order valence-electron chi connectivity index (χ1n) is 12.3. The minimum atomic E-state index is -0.222. The minimum Gasteiger partial charge on any atom is -0.358 e. The van der Waals surface area contributed by atoms with Crippen LogP contribution in [-0.4, -0.2) is 17.9 Å². The zero-order chi connectivity index (χ0) is 24.0. The maximum atomic E-state index is 15.4. The van der Waals surface area contributed by atoms with Crippen molar-refractivity contribution in [3.05, 3.63) is 81.9 Å². The Kier molecular flexibility index (Phi) is 5.67. The Balaban J connectivity index is 1.49. The Labute approximate surface area is 200 Å². The molecular weight excluding hydrogens is 425 g/mol. The molecule has 4 nitrogen and oxygen atoms in total. The molecule has 1 aromatic heterocycles. The van der Waals surface area contributed by atoms with Crippen LogP contribution in [0.1, 0.15) is 79.4 Å². The Bertz CT molecular complexity index is 1320. The number of amides is 1. The molecule has 2 aliphatic rings. The highest BCUT2D eigenvalue weighted by Gasteiger charge is 2.44. The number of pyridine rings is 1. The molecule has 0 radical (unpaired) electrons. The van der Waals surface area contributed by atoms with Gasteiger partial charge in [-0.2, -0.15) is 0 Å². The van der Waals surface area contributed by atoms with Crippen molar-refractivity contribution in [2.75, 3.05) is 12.4 Å². The normalized spacial score (nSPS) is 16.8. The summed E-state index contributed by atoms with van der Waals surface area (Å²) in [7, 11) is 1.64. The van der Waals surface area contributed by atoms with Gasteiger partial charge in [0.2, 0.25) is 0 Å². The van der Waals surface area contributed by atoms with Crippen molar-refractivity contribution < 1.29 is 9.18 Å². The summed E-state index contributed by atoms with van der Waals surface area (Å²) >= 11 is 0. The van der Waals surface area contributed by atoms with Crippen LogP contribution < -0.4 is 10.6 Å². The molecule has 0 spiro atoms. The first-order valence-corrected chi connectivity index (χ1v) is 12.3. The summed E-state index contributed by atoms with van der Waals surface area (Å²) in [6.45, 7) is 6.33. The van der Waals surface area contributed by atoms with Crippen LogP contribution in [0, 0.1) is 11.2 Å². The number of aromatic nitrogens is 1. The summed E-state index contributed by atoms with van der Waals surface area (Å²) in [5, 5.41) is 7.16. The van der Waals surface area contributed by atoms with Crippen molar-refractivity contribution in [2.45, 2.75) is 58.8 Å². The predicted octanol–water partition coefficient (Wildman–Crippen LogP) is 6.71. The van der Waals surface area contributed by atoms with E-state index in [2.05, 4.69) is 22.5 Å². The molecule has 1 heterocycles. The maximum absolute atomic E-state index is 15.4. The van der Waals surface area contributed by atoms with Crippen LogP contribution in [0.4, 0.5) is 10.1 Å². The lowest BCUT2D eigenvalue weighted by Gasteiger charge is -2.20. The fourth-order valence-corrected chi connectivity index (χ4v) is 4.96. The third-order valence-corrected chi connectivity index (χ3v) is 7.51. The van der Waals surface area contributed by atoms with E-state index in [1.165, 1.54) is 24.1 Å². The van der Waals surface area contributed by atoms with E-state index in [1.54, 1.807) is 19.3 Å². The molecule has 2 aliphatic carbocycles. The van der Waals surface area contributed by atoms with Crippen LogP contribution in [0.5, 0.6) is 0 Å². The second-order valence-corrected chi connectivity index (χ2v) is 9.98. The lowest BCUT2D eigenvalue weighted by atomic mass is 9.88. The number of rotatable bonds is 7. The standard InChI is InChI=1S/C29H32FN3O/c1-5-18-14-26-24(16-23(18)28(34)31-4)21(10-13-32-26)17(2)22-9-8-20(15-25(22)30)33-27(19-6-7-19)29(3)11-12-29/h8-10,13-17,33H,5-7,11-12H2,1-4H3,(H,31,34). The summed E-state index contributed by atoms with van der Waals surface area (Å²) < 4.78 is 15.4. The molecule has 1 amide bonds. The zero-order valence-electron chi connectivity index (χ0n) is 20.4. The average molecular weight is 458 g/mol. The third kappa shape index (κ3) is 4.08. The SMILES string of the molecule is CCc1cc2nccc(C(C)c3ccc(NC(=C4CC4)C4(C)CC4)cc3F)c2cc1C(=O)NC. The first kappa shape index (κ1) is 22.6. The van der Waals surface area contributed by atoms with Gasteiger partial charge in [0.05, 0.1) is 5.52 Å². The quantitative estimate of drug-likeness (QED) is 0.415. The highest BCUT2D eigenvalue weighted by Crippen LogP contribution is 2.55. The molecule has 2 N–H and O–H groups in total. The molecule has 176 valence electrons. The van der Waals surface area contributed by atoms with E-state index in [0.29, 0.717) is 11.1 Å². The molecule has 2 aromatic carbocycles. The summed E-state index contributed by atoms with van der Waals surface area (Å²) in [5.74, 6) is -0.528. The number of allylic oxidation sites excluding steroid dienone is 2. The highest BCUT2D eigenvalue weighted by atomic mass is 19.1. The van der Waals surface area contributed by atoms with Crippen molar-refractivity contribution in [3.63, 3.8) is 0 Å². The monoisotopic (exact) mass is 457 g/mol. The largest absolute Gasteiger partial charge is 0.358 e. The molecule has 2 saturated carbocycles. The van der Waals surface area contributed by atoms with Gasteiger partial charge in [0, 0.05) is 46.9 Å². The second-order valence-electron chi connectivity index (χ2n) is 9.98. The summed E-state index contributed by atoms with van der Waals surface area (Å²) in [4.78, 5) is 17.0. The molecule has 2 fully saturated rings. The van der Waals surface area contributed by atoms with E-state index in [0.717, 1.165) is 47.0 Å². The Morgan fingerprint density at radius 3 is 2.53 bits per heavy atom. The van der Waals surface area contributed by atoms with Gasteiger partial charge in [-0.1, -0.05) is 26.8 Å². The Morgan fingerprint density at radius 2 is 1.91 bits per heavy atom. The van der Waals surface area contributed by atoms with Gasteiger partial charge in [-0.15, -0.1) is 0 Å². The van der Waals surface area contributed by atoms with Crippen molar-refractivity contribution >= 4 is 22.5 Å². The molecule has 0 saturated heterocycles. The minimum absolute atomic E-state index is 0.118. The Morgan fingerprint density at radius 1 is 1.15 bits per heavy atom. The van der Waals surface area contributed by atoms with E-state index in [-0.39, 0.29) is 23.1 Å². The smallest absolute Gasteiger partial charge is 0.251 e. The molecule has 1 unspecified atom stereocenters. The van der Waals surface area contributed by atoms with Crippen molar-refractivity contribution in [1.29, 1.82) is 0 Å². The fourth-order valence-electron chi connectivity index (χ4n) is 4.96. The van der Waals surface area contributed by atoms with Crippen molar-refractivity contribution in [3.8, 4) is 0 Å². The highest BCUT2D eigenvalue weighted by molar-refractivity contribution is 6.00. The van der Waals surface area contributed by atoms with Crippen LogP contribution in [0.15, 0.2) is 53.9 Å². The van der Waals surface area contributed by atoms with Crippen LogP contribution in [0.25, 0.3) is 10.9 Å². The molecule has 3 aromatic rings. The number of fused-ring (bicyclic) bond motifs is 1. The van der Waals surface area contributed by atoms with E-state index in [9.17, 15) is 4.79 Å². The fraction of sp³-hybridized carbons (Fsp3) is 0.379. The molecule has 0 aliphatic heterocycles. The number of hydrogen-bond acceptors (Lipinski definition) is 3. The molecule has 34 heavy (non-hydrogen) atoms. The maximum Gasteiger partial charge on any atom is 0.251 e. The average Bonchev–Trinajstić information content (AvgIpc) is 3.78. The van der Waals surface area contributed by atoms with Crippen LogP contribution in [0.3, 0.4) is 0 Å². The predicted molar refractivity (Wildman–Crippen MR) is 136 cm³/mol. The van der Waals surface area contributed by atoms with E-state index < -0.39 is 0 Å². The van der Waals surface area contributed by atoms with E-state index in [1.807, 2.05) is 44.2 Å².